The van der Waals surface area contributed by atoms with Gasteiger partial charge < -0.3 is 14.1 Å². The van der Waals surface area contributed by atoms with Crippen LogP contribution in [0.4, 0.5) is 0 Å². The lowest BCUT2D eigenvalue weighted by Crippen LogP contribution is -2.02. The fourth-order valence-electron chi connectivity index (χ4n) is 1.80. The zero-order valence-electron chi connectivity index (χ0n) is 9.80. The predicted octanol–water partition coefficient (Wildman–Crippen LogP) is 2.09. The third kappa shape index (κ3) is 2.22. The second-order valence-electron chi connectivity index (χ2n) is 3.85. The quantitative estimate of drug-likeness (QED) is 0.879. The predicted molar refractivity (Wildman–Crippen MR) is 61.1 cm³/mol. The average molecular weight is 234 g/mol. The van der Waals surface area contributed by atoms with Gasteiger partial charge in [0.05, 0.1) is 6.54 Å². The summed E-state index contributed by atoms with van der Waals surface area (Å²) in [5.74, 6) is 0.566. The highest BCUT2D eigenvalue weighted by molar-refractivity contribution is 5.86. The van der Waals surface area contributed by atoms with E-state index in [1.54, 1.807) is 19.2 Å². The third-order valence-corrected chi connectivity index (χ3v) is 2.61. The van der Waals surface area contributed by atoms with Crippen molar-refractivity contribution in [2.75, 3.05) is 0 Å². The molecule has 0 spiro atoms. The molecule has 0 aromatic carbocycles. The molecule has 0 unspecified atom stereocenters. The van der Waals surface area contributed by atoms with Gasteiger partial charge in [-0.25, -0.2) is 9.78 Å². The molecule has 0 fully saturated rings. The molecule has 0 saturated carbocycles. The normalized spacial score (nSPS) is 10.7. The molecule has 0 amide bonds. The Labute approximate surface area is 98.7 Å². The molecule has 2 rings (SSSR count). The molecule has 2 heterocycles. The molecule has 90 valence electrons. The van der Waals surface area contributed by atoms with Crippen molar-refractivity contribution in [3.05, 3.63) is 41.4 Å². The fraction of sp³-hybridized carbons (Fsp3) is 0.333. The van der Waals surface area contributed by atoms with Crippen LogP contribution in [0.5, 0.6) is 0 Å². The number of aromatic carboxylic acids is 1. The molecule has 0 radical (unpaired) electrons. The summed E-state index contributed by atoms with van der Waals surface area (Å²) in [4.78, 5) is 15.0. The van der Waals surface area contributed by atoms with E-state index in [0.717, 1.165) is 12.2 Å². The van der Waals surface area contributed by atoms with E-state index in [-0.39, 0.29) is 5.76 Å². The van der Waals surface area contributed by atoms with Crippen molar-refractivity contribution in [3.63, 3.8) is 0 Å². The number of imidazole rings is 1. The number of hydrogen-bond donors (Lipinski definition) is 1. The number of carboxylic acids is 1. The van der Waals surface area contributed by atoms with Crippen LogP contribution in [0.3, 0.4) is 0 Å². The number of nitrogens with zero attached hydrogens (tertiary/aromatic N) is 2. The molecule has 5 heteroatoms. The molecular weight excluding hydrogens is 220 g/mol. The number of hydrogen-bond acceptors (Lipinski definition) is 3. The molecule has 0 atom stereocenters. The van der Waals surface area contributed by atoms with Gasteiger partial charge in [0.15, 0.2) is 0 Å². The number of carboxylic acid groups (broad SMARTS) is 1. The van der Waals surface area contributed by atoms with E-state index in [1.165, 1.54) is 0 Å². The summed E-state index contributed by atoms with van der Waals surface area (Å²) >= 11 is 0. The summed E-state index contributed by atoms with van der Waals surface area (Å²) in [5.41, 5.74) is 0.644. The molecule has 0 aliphatic heterocycles. The minimum atomic E-state index is -1.03. The van der Waals surface area contributed by atoms with Crippen LogP contribution >= 0.6 is 0 Å². The Kier molecular flexibility index (Phi) is 2.99. The van der Waals surface area contributed by atoms with Crippen molar-refractivity contribution >= 4 is 5.97 Å². The Hall–Kier alpha value is -2.04. The van der Waals surface area contributed by atoms with E-state index in [9.17, 15) is 4.79 Å². The van der Waals surface area contributed by atoms with Gasteiger partial charge in [-0.2, -0.15) is 0 Å². The Balaban J connectivity index is 2.25. The minimum Gasteiger partial charge on any atom is -0.475 e. The Morgan fingerprint density at radius 1 is 1.59 bits per heavy atom. The summed E-state index contributed by atoms with van der Waals surface area (Å²) in [7, 11) is 0. The van der Waals surface area contributed by atoms with E-state index >= 15 is 0 Å². The monoisotopic (exact) mass is 234 g/mol. The van der Waals surface area contributed by atoms with Gasteiger partial charge in [0.25, 0.3) is 0 Å². The maximum Gasteiger partial charge on any atom is 0.372 e. The van der Waals surface area contributed by atoms with Gasteiger partial charge in [-0.05, 0) is 13.0 Å². The first-order valence-corrected chi connectivity index (χ1v) is 5.44. The number of aryl methyl sites for hydroxylation is 2. The first kappa shape index (κ1) is 11.4. The zero-order chi connectivity index (χ0) is 12.4. The smallest absolute Gasteiger partial charge is 0.372 e. The van der Waals surface area contributed by atoms with Gasteiger partial charge in [-0.3, -0.25) is 0 Å². The van der Waals surface area contributed by atoms with Gasteiger partial charge in [0, 0.05) is 24.4 Å². The van der Waals surface area contributed by atoms with E-state index in [0.29, 0.717) is 17.9 Å². The molecule has 5 nitrogen and oxygen atoms in total. The first-order valence-electron chi connectivity index (χ1n) is 5.44. The van der Waals surface area contributed by atoms with Crippen LogP contribution in [-0.4, -0.2) is 20.6 Å². The van der Waals surface area contributed by atoms with Crippen molar-refractivity contribution in [2.45, 2.75) is 26.8 Å². The van der Waals surface area contributed by atoms with Crippen LogP contribution < -0.4 is 0 Å². The second-order valence-corrected chi connectivity index (χ2v) is 3.85. The highest BCUT2D eigenvalue weighted by Gasteiger charge is 2.14. The topological polar surface area (TPSA) is 68.3 Å². The zero-order valence-corrected chi connectivity index (χ0v) is 9.80. The number of aromatic nitrogens is 2. The van der Waals surface area contributed by atoms with Crippen molar-refractivity contribution in [3.8, 4) is 0 Å². The Morgan fingerprint density at radius 2 is 2.35 bits per heavy atom. The van der Waals surface area contributed by atoms with Gasteiger partial charge >= 0.3 is 5.97 Å². The van der Waals surface area contributed by atoms with Crippen LogP contribution in [0, 0.1) is 6.92 Å². The number of furan rings is 1. The highest BCUT2D eigenvalue weighted by atomic mass is 16.4. The van der Waals surface area contributed by atoms with Gasteiger partial charge in [0.2, 0.25) is 5.76 Å². The average Bonchev–Trinajstić information content (AvgIpc) is 2.85. The second kappa shape index (κ2) is 4.45. The van der Waals surface area contributed by atoms with Gasteiger partial charge in [0.1, 0.15) is 11.6 Å². The maximum atomic E-state index is 10.8. The molecule has 0 saturated heterocycles. The molecule has 0 aliphatic carbocycles. The summed E-state index contributed by atoms with van der Waals surface area (Å²) in [5, 5.41) is 8.89. The number of carbonyl (C=O) groups is 1. The molecular formula is C12H14N2O3. The van der Waals surface area contributed by atoms with E-state index in [2.05, 4.69) is 4.98 Å². The summed E-state index contributed by atoms with van der Waals surface area (Å²) in [6.45, 7) is 4.26. The van der Waals surface area contributed by atoms with E-state index < -0.39 is 5.97 Å². The van der Waals surface area contributed by atoms with E-state index in [1.807, 2.05) is 17.7 Å². The van der Waals surface area contributed by atoms with Gasteiger partial charge in [-0.15, -0.1) is 0 Å². The standard InChI is InChI=1S/C12H14N2O3/c1-3-10-13-4-5-14(10)7-9-6-8(2)11(17-9)12(15)16/h4-6H,3,7H2,1-2H3,(H,15,16). The van der Waals surface area contributed by atoms with Crippen molar-refractivity contribution in [1.29, 1.82) is 0 Å². The van der Waals surface area contributed by atoms with Crippen molar-refractivity contribution < 1.29 is 14.3 Å². The minimum absolute atomic E-state index is 0.0122. The van der Waals surface area contributed by atoms with Crippen molar-refractivity contribution in [2.24, 2.45) is 0 Å². The molecule has 2 aromatic rings. The molecule has 2 aromatic heterocycles. The molecule has 0 bridgehead atoms. The number of rotatable bonds is 4. The lowest BCUT2D eigenvalue weighted by molar-refractivity contribution is 0.0659. The maximum absolute atomic E-state index is 10.8. The van der Waals surface area contributed by atoms with Crippen LogP contribution in [0.1, 0.15) is 34.6 Å². The molecule has 1 N–H and O–H groups in total. The lowest BCUT2D eigenvalue weighted by Gasteiger charge is -2.03. The Bertz CT molecular complexity index is 540. The highest BCUT2D eigenvalue weighted by Crippen LogP contribution is 2.16. The first-order chi connectivity index (χ1) is 8.11. The molecule has 17 heavy (non-hydrogen) atoms. The van der Waals surface area contributed by atoms with Crippen LogP contribution in [0.25, 0.3) is 0 Å². The SMILES string of the molecule is CCc1nccn1Cc1cc(C)c(C(=O)O)o1. The largest absolute Gasteiger partial charge is 0.475 e. The van der Waals surface area contributed by atoms with Crippen molar-refractivity contribution in [1.82, 2.24) is 9.55 Å². The van der Waals surface area contributed by atoms with Crippen LogP contribution in [-0.2, 0) is 13.0 Å². The fourth-order valence-corrected chi connectivity index (χ4v) is 1.80. The van der Waals surface area contributed by atoms with E-state index in [4.69, 9.17) is 9.52 Å². The lowest BCUT2D eigenvalue weighted by atomic mass is 10.2. The van der Waals surface area contributed by atoms with Crippen LogP contribution in [0.15, 0.2) is 22.9 Å². The third-order valence-electron chi connectivity index (χ3n) is 2.61. The summed E-state index contributed by atoms with van der Waals surface area (Å²) in [6.07, 6.45) is 4.42. The van der Waals surface area contributed by atoms with Gasteiger partial charge in [-0.1, -0.05) is 6.92 Å². The molecule has 0 aliphatic rings. The Morgan fingerprint density at radius 3 is 2.94 bits per heavy atom. The summed E-state index contributed by atoms with van der Waals surface area (Å²) in [6, 6.07) is 1.75. The van der Waals surface area contributed by atoms with Crippen LogP contribution in [0.2, 0.25) is 0 Å². The summed E-state index contributed by atoms with van der Waals surface area (Å²) < 4.78 is 7.25.